The van der Waals surface area contributed by atoms with Gasteiger partial charge in [-0.25, -0.2) is 9.21 Å². The van der Waals surface area contributed by atoms with E-state index in [0.717, 1.165) is 4.42 Å². The molecule has 1 heterocycles. The summed E-state index contributed by atoms with van der Waals surface area (Å²) in [6.45, 7) is 0.379. The number of hydrogen-bond acceptors (Lipinski definition) is 2. The predicted octanol–water partition coefficient (Wildman–Crippen LogP) is 1.20. The number of amides is 1. The van der Waals surface area contributed by atoms with Gasteiger partial charge in [-0.15, -0.1) is 11.6 Å². The highest BCUT2D eigenvalue weighted by molar-refractivity contribution is 6.21. The van der Waals surface area contributed by atoms with E-state index in [1.54, 1.807) is 0 Å². The number of cyclic esters (lactones) is 1. The molecule has 1 saturated heterocycles. The molecule has 1 fully saturated rings. The van der Waals surface area contributed by atoms with Gasteiger partial charge >= 0.3 is 6.09 Å². The van der Waals surface area contributed by atoms with Gasteiger partial charge in [-0.2, -0.15) is 0 Å². The first kappa shape index (κ1) is 6.96. The van der Waals surface area contributed by atoms with Crippen LogP contribution in [0.3, 0.4) is 0 Å². The van der Waals surface area contributed by atoms with Crippen LogP contribution < -0.4 is 0 Å². The number of carbonyl (C=O) groups is 1. The molecule has 1 atom stereocenters. The summed E-state index contributed by atoms with van der Waals surface area (Å²) in [6.07, 6.45) is -0.751. The van der Waals surface area contributed by atoms with Gasteiger partial charge in [0.15, 0.2) is 0 Å². The Balaban J connectivity index is 2.44. The van der Waals surface area contributed by atoms with Crippen LogP contribution in [-0.2, 0) is 4.74 Å². The average molecular weight is 170 g/mol. The van der Waals surface area contributed by atoms with Crippen molar-refractivity contribution in [2.75, 3.05) is 12.4 Å². The first-order valence-electron chi connectivity index (χ1n) is 2.44. The molecule has 5 heteroatoms. The van der Waals surface area contributed by atoms with Crippen LogP contribution in [0.5, 0.6) is 0 Å². The first-order chi connectivity index (χ1) is 4.24. The summed E-state index contributed by atoms with van der Waals surface area (Å²) in [5.41, 5.74) is 0. The summed E-state index contributed by atoms with van der Waals surface area (Å²) in [6, 6.07) is 0. The van der Waals surface area contributed by atoms with Crippen molar-refractivity contribution < 1.29 is 9.53 Å². The van der Waals surface area contributed by atoms with Crippen LogP contribution in [0.1, 0.15) is 0 Å². The first-order valence-corrected chi connectivity index (χ1v) is 3.31. The minimum Gasteiger partial charge on any atom is -0.442 e. The fraction of sp³-hybridized carbons (Fsp3) is 0.750. The van der Waals surface area contributed by atoms with Gasteiger partial charge in [-0.05, 0) is 0 Å². The maximum absolute atomic E-state index is 10.5. The molecule has 3 nitrogen and oxygen atoms in total. The molecule has 52 valence electrons. The lowest BCUT2D eigenvalue weighted by atomic mass is 10.4. The minimum absolute atomic E-state index is 0.239. The smallest absolute Gasteiger partial charge is 0.425 e. The molecule has 0 aromatic carbocycles. The van der Waals surface area contributed by atoms with E-state index in [9.17, 15) is 4.79 Å². The lowest BCUT2D eigenvalue weighted by Crippen LogP contribution is -2.14. The van der Waals surface area contributed by atoms with Crippen molar-refractivity contribution in [2.24, 2.45) is 0 Å². The third kappa shape index (κ3) is 1.40. The van der Waals surface area contributed by atoms with Gasteiger partial charge in [0.2, 0.25) is 0 Å². The molecule has 1 aliphatic rings. The van der Waals surface area contributed by atoms with Crippen molar-refractivity contribution in [3.63, 3.8) is 0 Å². The molecule has 0 aromatic heterocycles. The number of ether oxygens (including phenoxy) is 1. The fourth-order valence-corrected chi connectivity index (χ4v) is 0.925. The molecule has 0 aromatic rings. The highest BCUT2D eigenvalue weighted by Gasteiger charge is 2.28. The predicted molar refractivity (Wildman–Crippen MR) is 33.5 cm³/mol. The van der Waals surface area contributed by atoms with E-state index in [0.29, 0.717) is 12.4 Å². The lowest BCUT2D eigenvalue weighted by Gasteiger charge is -1.98. The summed E-state index contributed by atoms with van der Waals surface area (Å²) >= 11 is 10.7. The number of hydrogen-bond donors (Lipinski definition) is 0. The molecule has 1 rings (SSSR count). The maximum atomic E-state index is 10.5. The molecule has 0 bridgehead atoms. The van der Waals surface area contributed by atoms with Crippen molar-refractivity contribution in [2.45, 2.75) is 6.10 Å². The minimum atomic E-state index is -0.512. The van der Waals surface area contributed by atoms with Crippen LogP contribution >= 0.6 is 23.4 Å². The van der Waals surface area contributed by atoms with Gasteiger partial charge in [0, 0.05) is 11.8 Å². The molecule has 1 amide bonds. The second-order valence-electron chi connectivity index (χ2n) is 1.70. The Hall–Kier alpha value is -0.150. The van der Waals surface area contributed by atoms with Crippen molar-refractivity contribution >= 4 is 29.5 Å². The molecule has 0 saturated carbocycles. The molecule has 1 aliphatic heterocycles. The Morgan fingerprint density at radius 1 is 1.89 bits per heavy atom. The second kappa shape index (κ2) is 2.62. The molecule has 9 heavy (non-hydrogen) atoms. The topological polar surface area (TPSA) is 29.5 Å². The maximum Gasteiger partial charge on any atom is 0.425 e. The summed E-state index contributed by atoms with van der Waals surface area (Å²) in [5.74, 6) is 0.301. The monoisotopic (exact) mass is 169 g/mol. The number of halogens is 2. The molecular weight excluding hydrogens is 165 g/mol. The van der Waals surface area contributed by atoms with E-state index in [4.69, 9.17) is 23.4 Å². The van der Waals surface area contributed by atoms with Crippen molar-refractivity contribution in [3.8, 4) is 0 Å². The zero-order chi connectivity index (χ0) is 6.85. The van der Waals surface area contributed by atoms with E-state index in [1.165, 1.54) is 0 Å². The summed E-state index contributed by atoms with van der Waals surface area (Å²) in [4.78, 5) is 10.5. The Bertz CT molecular complexity index is 130. The van der Waals surface area contributed by atoms with Crippen molar-refractivity contribution in [1.29, 1.82) is 0 Å². The summed E-state index contributed by atoms with van der Waals surface area (Å²) in [5, 5.41) is 0. The zero-order valence-electron chi connectivity index (χ0n) is 4.51. The van der Waals surface area contributed by atoms with Gasteiger partial charge in [0.05, 0.1) is 12.4 Å². The SMILES string of the molecule is O=C1OC(CCl)CN1Cl. The Morgan fingerprint density at radius 3 is 2.78 bits per heavy atom. The zero-order valence-corrected chi connectivity index (χ0v) is 6.02. The van der Waals surface area contributed by atoms with Crippen LogP contribution in [0.2, 0.25) is 0 Å². The van der Waals surface area contributed by atoms with Crippen LogP contribution in [0, 0.1) is 0 Å². The largest absolute Gasteiger partial charge is 0.442 e. The Labute approximate surface area is 62.6 Å². The van der Waals surface area contributed by atoms with Gasteiger partial charge in [-0.1, -0.05) is 0 Å². The van der Waals surface area contributed by atoms with Crippen LogP contribution in [0.4, 0.5) is 4.79 Å². The van der Waals surface area contributed by atoms with E-state index in [2.05, 4.69) is 4.74 Å². The molecule has 0 aliphatic carbocycles. The molecule has 0 spiro atoms. The Kier molecular flexibility index (Phi) is 2.03. The van der Waals surface area contributed by atoms with Crippen molar-refractivity contribution in [3.05, 3.63) is 0 Å². The fourth-order valence-electron chi connectivity index (χ4n) is 0.571. The molecule has 1 unspecified atom stereocenters. The van der Waals surface area contributed by atoms with E-state index in [-0.39, 0.29) is 6.10 Å². The normalized spacial score (nSPS) is 26.7. The lowest BCUT2D eigenvalue weighted by molar-refractivity contribution is 0.145. The van der Waals surface area contributed by atoms with Gasteiger partial charge < -0.3 is 4.74 Å². The van der Waals surface area contributed by atoms with Crippen LogP contribution in [0.25, 0.3) is 0 Å². The molecule has 0 N–H and O–H groups in total. The number of carbonyl (C=O) groups excluding carboxylic acids is 1. The quantitative estimate of drug-likeness (QED) is 0.437. The van der Waals surface area contributed by atoms with Crippen LogP contribution in [0.15, 0.2) is 0 Å². The third-order valence-electron chi connectivity index (χ3n) is 1.00. The Morgan fingerprint density at radius 2 is 2.56 bits per heavy atom. The van der Waals surface area contributed by atoms with E-state index >= 15 is 0 Å². The van der Waals surface area contributed by atoms with Gasteiger partial charge in [0.1, 0.15) is 6.10 Å². The van der Waals surface area contributed by atoms with Crippen LogP contribution in [-0.4, -0.2) is 29.0 Å². The summed E-state index contributed by atoms with van der Waals surface area (Å²) < 4.78 is 5.63. The standard InChI is InChI=1S/C4H5Cl2NO2/c5-1-3-2-7(6)4(8)9-3/h3H,1-2H2. The highest BCUT2D eigenvalue weighted by atomic mass is 35.5. The van der Waals surface area contributed by atoms with Crippen molar-refractivity contribution in [1.82, 2.24) is 4.42 Å². The van der Waals surface area contributed by atoms with Gasteiger partial charge in [0.25, 0.3) is 0 Å². The molecular formula is C4H5Cl2NO2. The summed E-state index contributed by atoms with van der Waals surface area (Å²) in [7, 11) is 0. The second-order valence-corrected chi connectivity index (χ2v) is 2.42. The van der Waals surface area contributed by atoms with Gasteiger partial charge in [-0.3, -0.25) is 0 Å². The number of alkyl halides is 1. The van der Waals surface area contributed by atoms with E-state index in [1.807, 2.05) is 0 Å². The third-order valence-corrected chi connectivity index (χ3v) is 1.62. The average Bonchev–Trinajstić information content (AvgIpc) is 2.13. The highest BCUT2D eigenvalue weighted by Crippen LogP contribution is 2.13. The number of rotatable bonds is 1. The molecule has 0 radical (unpaired) electrons. The van der Waals surface area contributed by atoms with E-state index < -0.39 is 6.09 Å². The number of nitrogens with zero attached hydrogens (tertiary/aromatic N) is 1.